The average molecular weight is 471 g/mol. The lowest BCUT2D eigenvalue weighted by molar-refractivity contribution is -0.139. The zero-order valence-electron chi connectivity index (χ0n) is 16.3. The van der Waals surface area contributed by atoms with Gasteiger partial charge in [-0.2, -0.15) is 0 Å². The topological polar surface area (TPSA) is 70.0 Å². The molecule has 30 heavy (non-hydrogen) atoms. The Hall–Kier alpha value is -2.64. The fourth-order valence-electron chi connectivity index (χ4n) is 4.28. The third-order valence-electron chi connectivity index (χ3n) is 5.58. The molecule has 2 aromatic rings. The first-order valence-electron chi connectivity index (χ1n) is 9.60. The van der Waals surface area contributed by atoms with Gasteiger partial charge in [0.1, 0.15) is 11.7 Å². The van der Waals surface area contributed by atoms with Gasteiger partial charge in [-0.1, -0.05) is 36.4 Å². The van der Waals surface area contributed by atoms with Crippen molar-refractivity contribution in [1.29, 1.82) is 0 Å². The molecule has 0 aliphatic carbocycles. The molecule has 2 heterocycles. The molecule has 154 valence electrons. The third kappa shape index (κ3) is 3.87. The molecule has 2 unspecified atom stereocenters. The highest BCUT2D eigenvalue weighted by Gasteiger charge is 2.43. The summed E-state index contributed by atoms with van der Waals surface area (Å²) in [5.41, 5.74) is 3.15. The van der Waals surface area contributed by atoms with Crippen molar-refractivity contribution >= 4 is 33.4 Å². The fourth-order valence-corrected chi connectivity index (χ4v) is 4.68. The van der Waals surface area contributed by atoms with Gasteiger partial charge in [-0.15, -0.1) is 0 Å². The van der Waals surface area contributed by atoms with Crippen LogP contribution in [0.1, 0.15) is 24.0 Å². The summed E-state index contributed by atoms with van der Waals surface area (Å²) in [6.45, 7) is 2.92. The Bertz CT molecular complexity index is 1080. The summed E-state index contributed by atoms with van der Waals surface area (Å²) in [4.78, 5) is 31.8. The van der Waals surface area contributed by atoms with Crippen molar-refractivity contribution in [2.75, 3.05) is 13.1 Å². The number of benzene rings is 2. The van der Waals surface area contributed by atoms with Crippen LogP contribution in [-0.2, 0) is 16.1 Å². The number of hydrogen-bond acceptors (Lipinski definition) is 4. The summed E-state index contributed by atoms with van der Waals surface area (Å²) in [5, 5.41) is 9.88. The van der Waals surface area contributed by atoms with Crippen molar-refractivity contribution in [1.82, 2.24) is 4.90 Å². The van der Waals surface area contributed by atoms with Crippen LogP contribution in [-0.4, -0.2) is 40.6 Å². The molecule has 0 amide bonds. The first kappa shape index (κ1) is 20.6. The first-order valence-corrected chi connectivity index (χ1v) is 10.4. The zero-order valence-corrected chi connectivity index (χ0v) is 17.9. The van der Waals surface area contributed by atoms with Crippen molar-refractivity contribution in [2.45, 2.75) is 19.4 Å². The van der Waals surface area contributed by atoms with Crippen molar-refractivity contribution in [2.24, 2.45) is 10.9 Å². The number of hydrogen-bond donors (Lipinski definition) is 1. The first-order chi connectivity index (χ1) is 14.3. The number of carbonyl (C=O) groups excluding carboxylic acids is 1. The van der Waals surface area contributed by atoms with E-state index < -0.39 is 23.6 Å². The quantitative estimate of drug-likeness (QED) is 0.727. The van der Waals surface area contributed by atoms with Crippen LogP contribution in [0.3, 0.4) is 0 Å². The number of nitrogens with zero attached hydrogens (tertiary/aromatic N) is 2. The number of carboxylic acid groups (broad SMARTS) is 1. The highest BCUT2D eigenvalue weighted by atomic mass is 79.9. The molecule has 0 bridgehead atoms. The van der Waals surface area contributed by atoms with Crippen molar-refractivity contribution in [3.63, 3.8) is 0 Å². The summed E-state index contributed by atoms with van der Waals surface area (Å²) in [6.07, 6.45) is 0. The van der Waals surface area contributed by atoms with E-state index in [1.165, 1.54) is 6.07 Å². The van der Waals surface area contributed by atoms with E-state index >= 15 is 0 Å². The van der Waals surface area contributed by atoms with Crippen LogP contribution in [0.5, 0.6) is 0 Å². The molecule has 0 radical (unpaired) electrons. The molecule has 7 heteroatoms. The lowest BCUT2D eigenvalue weighted by atomic mass is 9.73. The molecule has 1 N–H and O–H groups in total. The Labute approximate surface area is 182 Å². The van der Waals surface area contributed by atoms with E-state index in [2.05, 4.69) is 20.9 Å². The molecule has 2 aromatic carbocycles. The van der Waals surface area contributed by atoms with Gasteiger partial charge in [0.2, 0.25) is 0 Å². The number of ketones is 1. The maximum atomic E-state index is 13.8. The lowest BCUT2D eigenvalue weighted by Crippen LogP contribution is -2.43. The molecule has 2 aliphatic heterocycles. The Morgan fingerprint density at radius 2 is 1.97 bits per heavy atom. The number of rotatable bonds is 4. The van der Waals surface area contributed by atoms with Crippen LogP contribution in [0.25, 0.3) is 0 Å². The molecule has 0 saturated heterocycles. The van der Waals surface area contributed by atoms with Crippen molar-refractivity contribution in [3.05, 3.63) is 81.2 Å². The van der Waals surface area contributed by atoms with Gasteiger partial charge in [-0.05, 0) is 46.1 Å². The van der Waals surface area contributed by atoms with Gasteiger partial charge >= 0.3 is 5.97 Å². The van der Waals surface area contributed by atoms with Crippen molar-refractivity contribution < 1.29 is 19.1 Å². The highest BCUT2D eigenvalue weighted by Crippen LogP contribution is 2.42. The molecule has 2 aliphatic rings. The molecule has 5 nitrogen and oxygen atoms in total. The number of carbonyl (C=O) groups is 2. The minimum absolute atomic E-state index is 0.139. The van der Waals surface area contributed by atoms with Crippen LogP contribution in [0, 0.1) is 11.7 Å². The predicted molar refractivity (Wildman–Crippen MR) is 115 cm³/mol. The van der Waals surface area contributed by atoms with Gasteiger partial charge in [0.25, 0.3) is 0 Å². The molecular formula is C23H20BrFN2O3. The van der Waals surface area contributed by atoms with E-state index in [4.69, 9.17) is 0 Å². The second-order valence-corrected chi connectivity index (χ2v) is 8.49. The van der Waals surface area contributed by atoms with E-state index in [1.54, 1.807) is 19.1 Å². The summed E-state index contributed by atoms with van der Waals surface area (Å²) < 4.78 is 14.0. The Kier molecular flexibility index (Phi) is 5.66. The van der Waals surface area contributed by atoms with Gasteiger partial charge in [0, 0.05) is 30.3 Å². The van der Waals surface area contributed by atoms with E-state index in [9.17, 15) is 19.1 Å². The van der Waals surface area contributed by atoms with Gasteiger partial charge in [0.05, 0.1) is 16.7 Å². The largest absolute Gasteiger partial charge is 0.481 e. The molecule has 0 aromatic heterocycles. The number of aliphatic imine (C=N–C) groups is 1. The Morgan fingerprint density at radius 1 is 1.23 bits per heavy atom. The number of aliphatic carboxylic acids is 1. The van der Waals surface area contributed by atoms with Gasteiger partial charge in [0.15, 0.2) is 5.78 Å². The van der Waals surface area contributed by atoms with E-state index in [0.29, 0.717) is 35.6 Å². The molecule has 0 spiro atoms. The Balaban J connectivity index is 1.75. The molecule has 0 fully saturated rings. The van der Waals surface area contributed by atoms with E-state index in [1.807, 2.05) is 35.2 Å². The second-order valence-electron chi connectivity index (χ2n) is 7.63. The van der Waals surface area contributed by atoms with Crippen molar-refractivity contribution in [3.8, 4) is 0 Å². The summed E-state index contributed by atoms with van der Waals surface area (Å²) in [7, 11) is 0. The maximum absolute atomic E-state index is 13.8. The SMILES string of the molecule is CC1=NC2=C(C(=O)CN(Cc3ccccc3)C2)C(c2ccc(F)c(Br)c2)C1C(=O)O. The van der Waals surface area contributed by atoms with Crippen LogP contribution < -0.4 is 0 Å². The minimum Gasteiger partial charge on any atom is -0.481 e. The highest BCUT2D eigenvalue weighted by molar-refractivity contribution is 9.10. The molecule has 2 atom stereocenters. The maximum Gasteiger partial charge on any atom is 0.313 e. The summed E-state index contributed by atoms with van der Waals surface area (Å²) in [6, 6.07) is 14.2. The number of carboxylic acids is 1. The van der Waals surface area contributed by atoms with Gasteiger partial charge in [-0.25, -0.2) is 4.39 Å². The summed E-state index contributed by atoms with van der Waals surface area (Å²) >= 11 is 3.17. The van der Waals surface area contributed by atoms with Gasteiger partial charge < -0.3 is 5.11 Å². The van der Waals surface area contributed by atoms with E-state index in [0.717, 1.165) is 5.56 Å². The smallest absolute Gasteiger partial charge is 0.313 e. The normalized spacial score (nSPS) is 22.0. The monoisotopic (exact) mass is 470 g/mol. The summed E-state index contributed by atoms with van der Waals surface area (Å²) in [5.74, 6) is -3.29. The van der Waals surface area contributed by atoms with Crippen LogP contribution in [0.2, 0.25) is 0 Å². The predicted octanol–water partition coefficient (Wildman–Crippen LogP) is 4.19. The fraction of sp³-hybridized carbons (Fsp3) is 0.261. The minimum atomic E-state index is -1.05. The molecular weight excluding hydrogens is 451 g/mol. The number of Topliss-reactive ketones (excluding diaryl/α,β-unsaturated/α-hetero) is 1. The number of halogens is 2. The molecule has 0 saturated carbocycles. The second kappa shape index (κ2) is 8.24. The Morgan fingerprint density at radius 3 is 2.63 bits per heavy atom. The van der Waals surface area contributed by atoms with Crippen LogP contribution in [0.4, 0.5) is 4.39 Å². The standard InChI is InChI=1S/C23H20BrFN2O3/c1-13-20(23(29)30)21(15-7-8-17(25)16(24)9-15)22-18(26-13)11-27(12-19(22)28)10-14-5-3-2-4-6-14/h2-9,20-21H,10-12H2,1H3,(H,29,30). The zero-order chi connectivity index (χ0) is 21.4. The van der Waals surface area contributed by atoms with E-state index in [-0.39, 0.29) is 16.8 Å². The lowest BCUT2D eigenvalue weighted by Gasteiger charge is -2.37. The third-order valence-corrected chi connectivity index (χ3v) is 6.18. The van der Waals surface area contributed by atoms with Crippen LogP contribution >= 0.6 is 15.9 Å². The van der Waals surface area contributed by atoms with Crippen LogP contribution in [0.15, 0.2) is 69.3 Å². The van der Waals surface area contributed by atoms with Gasteiger partial charge in [-0.3, -0.25) is 19.5 Å². The average Bonchev–Trinajstić information content (AvgIpc) is 2.69. The molecule has 4 rings (SSSR count).